The van der Waals surface area contributed by atoms with Gasteiger partial charge in [-0.1, -0.05) is 11.6 Å². The maximum absolute atomic E-state index is 5.99. The van der Waals surface area contributed by atoms with Crippen LogP contribution in [0.3, 0.4) is 0 Å². The van der Waals surface area contributed by atoms with E-state index in [1.807, 2.05) is 50.8 Å². The highest BCUT2D eigenvalue weighted by Crippen LogP contribution is 2.29. The van der Waals surface area contributed by atoms with Crippen molar-refractivity contribution in [1.29, 1.82) is 0 Å². The molecule has 5 heteroatoms. The lowest BCUT2D eigenvalue weighted by Gasteiger charge is -2.10. The van der Waals surface area contributed by atoms with E-state index in [2.05, 4.69) is 10.4 Å². The van der Waals surface area contributed by atoms with Crippen molar-refractivity contribution in [2.24, 2.45) is 7.05 Å². The molecular formula is C14H14ClN3O. The van der Waals surface area contributed by atoms with Gasteiger partial charge in [-0.05, 0) is 31.3 Å². The van der Waals surface area contributed by atoms with Crippen molar-refractivity contribution in [2.75, 3.05) is 7.05 Å². The van der Waals surface area contributed by atoms with Crippen molar-refractivity contribution in [2.45, 2.75) is 6.04 Å². The molecule has 2 aromatic heterocycles. The number of benzene rings is 1. The standard InChI is InChI=1S/C14H14ClN3O/c1-16-14(10-7-17-18(2)8-10)13-6-9-5-11(15)3-4-12(9)19-13/h3-8,14,16H,1-2H3. The van der Waals surface area contributed by atoms with Gasteiger partial charge >= 0.3 is 0 Å². The number of fused-ring (bicyclic) bond motifs is 1. The zero-order chi connectivity index (χ0) is 13.4. The largest absolute Gasteiger partial charge is 0.459 e. The van der Waals surface area contributed by atoms with Crippen LogP contribution in [0.15, 0.2) is 41.1 Å². The van der Waals surface area contributed by atoms with Gasteiger partial charge in [0.2, 0.25) is 0 Å². The normalized spacial score (nSPS) is 13.0. The Balaban J connectivity index is 2.06. The SMILES string of the molecule is CNC(c1cnn(C)c1)c1cc2cc(Cl)ccc2o1. The highest BCUT2D eigenvalue weighted by molar-refractivity contribution is 6.31. The van der Waals surface area contributed by atoms with E-state index in [-0.39, 0.29) is 6.04 Å². The highest BCUT2D eigenvalue weighted by atomic mass is 35.5. The number of halogens is 1. The third-order valence-electron chi connectivity index (χ3n) is 3.13. The molecule has 3 rings (SSSR count). The molecule has 1 unspecified atom stereocenters. The molecule has 0 radical (unpaired) electrons. The molecule has 0 aliphatic heterocycles. The summed E-state index contributed by atoms with van der Waals surface area (Å²) in [6.07, 6.45) is 3.81. The smallest absolute Gasteiger partial charge is 0.134 e. The molecule has 19 heavy (non-hydrogen) atoms. The van der Waals surface area contributed by atoms with E-state index in [0.29, 0.717) is 5.02 Å². The van der Waals surface area contributed by atoms with Gasteiger partial charge in [0.1, 0.15) is 11.3 Å². The van der Waals surface area contributed by atoms with Crippen molar-refractivity contribution >= 4 is 22.6 Å². The Hall–Kier alpha value is -1.78. The van der Waals surface area contributed by atoms with Crippen LogP contribution in [0.4, 0.5) is 0 Å². The van der Waals surface area contributed by atoms with E-state index in [9.17, 15) is 0 Å². The zero-order valence-electron chi connectivity index (χ0n) is 10.7. The van der Waals surface area contributed by atoms with E-state index < -0.39 is 0 Å². The fourth-order valence-corrected chi connectivity index (χ4v) is 2.42. The van der Waals surface area contributed by atoms with E-state index in [0.717, 1.165) is 22.3 Å². The van der Waals surface area contributed by atoms with Crippen molar-refractivity contribution in [3.05, 3.63) is 53.0 Å². The first-order valence-electron chi connectivity index (χ1n) is 6.02. The zero-order valence-corrected chi connectivity index (χ0v) is 11.5. The van der Waals surface area contributed by atoms with Crippen LogP contribution in [0, 0.1) is 0 Å². The van der Waals surface area contributed by atoms with Crippen molar-refractivity contribution in [1.82, 2.24) is 15.1 Å². The highest BCUT2D eigenvalue weighted by Gasteiger charge is 2.18. The lowest BCUT2D eigenvalue weighted by atomic mass is 10.1. The van der Waals surface area contributed by atoms with Gasteiger partial charge in [-0.15, -0.1) is 0 Å². The van der Waals surface area contributed by atoms with Gasteiger partial charge in [0.05, 0.1) is 12.2 Å². The van der Waals surface area contributed by atoms with Crippen LogP contribution in [0.2, 0.25) is 5.02 Å². The molecule has 1 aromatic carbocycles. The van der Waals surface area contributed by atoms with E-state index in [4.69, 9.17) is 16.0 Å². The number of aromatic nitrogens is 2. The third kappa shape index (κ3) is 2.25. The van der Waals surface area contributed by atoms with Gasteiger partial charge in [-0.3, -0.25) is 4.68 Å². The van der Waals surface area contributed by atoms with Gasteiger partial charge in [0, 0.05) is 29.2 Å². The molecule has 0 amide bonds. The summed E-state index contributed by atoms with van der Waals surface area (Å²) in [5, 5.41) is 9.15. The van der Waals surface area contributed by atoms with E-state index in [1.165, 1.54) is 0 Å². The lowest BCUT2D eigenvalue weighted by Crippen LogP contribution is -2.16. The summed E-state index contributed by atoms with van der Waals surface area (Å²) in [5.41, 5.74) is 1.90. The summed E-state index contributed by atoms with van der Waals surface area (Å²) in [6, 6.07) is 7.61. The summed E-state index contributed by atoms with van der Waals surface area (Å²) >= 11 is 5.99. The Morgan fingerprint density at radius 3 is 2.89 bits per heavy atom. The minimum absolute atomic E-state index is 0.0140. The van der Waals surface area contributed by atoms with Crippen LogP contribution >= 0.6 is 11.6 Å². The summed E-state index contributed by atoms with van der Waals surface area (Å²) in [6.45, 7) is 0. The fraction of sp³-hybridized carbons (Fsp3) is 0.214. The number of hydrogen-bond donors (Lipinski definition) is 1. The van der Waals surface area contributed by atoms with E-state index >= 15 is 0 Å². The number of aryl methyl sites for hydroxylation is 1. The van der Waals surface area contributed by atoms with Crippen molar-refractivity contribution < 1.29 is 4.42 Å². The van der Waals surface area contributed by atoms with Crippen LogP contribution < -0.4 is 5.32 Å². The first-order valence-corrected chi connectivity index (χ1v) is 6.40. The molecular weight excluding hydrogens is 262 g/mol. The topological polar surface area (TPSA) is 43.0 Å². The van der Waals surface area contributed by atoms with Crippen LogP contribution in [0.1, 0.15) is 17.4 Å². The predicted octanol–water partition coefficient (Wildman–Crippen LogP) is 3.13. The van der Waals surface area contributed by atoms with Crippen LogP contribution in [-0.2, 0) is 7.05 Å². The molecule has 0 saturated heterocycles. The van der Waals surface area contributed by atoms with Crippen molar-refractivity contribution in [3.63, 3.8) is 0 Å². The Labute approximate surface area is 116 Å². The second-order valence-corrected chi connectivity index (χ2v) is 4.94. The summed E-state index contributed by atoms with van der Waals surface area (Å²) in [4.78, 5) is 0. The fourth-order valence-electron chi connectivity index (χ4n) is 2.24. The predicted molar refractivity (Wildman–Crippen MR) is 75.3 cm³/mol. The number of rotatable bonds is 3. The maximum atomic E-state index is 5.99. The minimum atomic E-state index is -0.0140. The molecule has 0 aliphatic carbocycles. The first kappa shape index (κ1) is 12.3. The molecule has 0 saturated carbocycles. The third-order valence-corrected chi connectivity index (χ3v) is 3.36. The monoisotopic (exact) mass is 275 g/mol. The summed E-state index contributed by atoms with van der Waals surface area (Å²) < 4.78 is 7.66. The Kier molecular flexibility index (Phi) is 3.05. The molecule has 0 bridgehead atoms. The number of nitrogens with zero attached hydrogens (tertiary/aromatic N) is 2. The van der Waals surface area contributed by atoms with Gasteiger partial charge in [-0.25, -0.2) is 0 Å². The van der Waals surface area contributed by atoms with Gasteiger partial charge in [-0.2, -0.15) is 5.10 Å². The molecule has 98 valence electrons. The molecule has 4 nitrogen and oxygen atoms in total. The van der Waals surface area contributed by atoms with Crippen LogP contribution in [0.25, 0.3) is 11.0 Å². The summed E-state index contributed by atoms with van der Waals surface area (Å²) in [7, 11) is 3.80. The molecule has 0 spiro atoms. The van der Waals surface area contributed by atoms with Gasteiger partial charge < -0.3 is 9.73 Å². The molecule has 1 N–H and O–H groups in total. The average Bonchev–Trinajstić information content (AvgIpc) is 2.96. The Morgan fingerprint density at radius 1 is 1.37 bits per heavy atom. The minimum Gasteiger partial charge on any atom is -0.459 e. The average molecular weight is 276 g/mol. The van der Waals surface area contributed by atoms with Crippen LogP contribution in [0.5, 0.6) is 0 Å². The first-order chi connectivity index (χ1) is 9.17. The van der Waals surface area contributed by atoms with Crippen LogP contribution in [-0.4, -0.2) is 16.8 Å². The molecule has 0 aliphatic rings. The quantitative estimate of drug-likeness (QED) is 0.799. The van der Waals surface area contributed by atoms with E-state index in [1.54, 1.807) is 4.68 Å². The second kappa shape index (κ2) is 4.72. The second-order valence-electron chi connectivity index (χ2n) is 4.50. The number of nitrogens with one attached hydrogen (secondary N) is 1. The molecule has 2 heterocycles. The Bertz CT molecular complexity index is 716. The maximum Gasteiger partial charge on any atom is 0.134 e. The molecule has 0 fully saturated rings. The lowest BCUT2D eigenvalue weighted by molar-refractivity contribution is 0.491. The molecule has 3 aromatic rings. The van der Waals surface area contributed by atoms with Crippen molar-refractivity contribution in [3.8, 4) is 0 Å². The Morgan fingerprint density at radius 2 is 2.21 bits per heavy atom. The number of hydrogen-bond acceptors (Lipinski definition) is 3. The molecule has 1 atom stereocenters. The summed E-state index contributed by atoms with van der Waals surface area (Å²) in [5.74, 6) is 0.854. The van der Waals surface area contributed by atoms with Gasteiger partial charge in [0.15, 0.2) is 0 Å². The number of furan rings is 1. The van der Waals surface area contributed by atoms with Gasteiger partial charge in [0.25, 0.3) is 0 Å².